The van der Waals surface area contributed by atoms with Crippen LogP contribution in [-0.4, -0.2) is 26.5 Å². The maximum Gasteiger partial charge on any atom is 0.329 e. The number of nitrogens with zero attached hydrogens (tertiary/aromatic N) is 2. The third-order valence-corrected chi connectivity index (χ3v) is 3.83. The van der Waals surface area contributed by atoms with Gasteiger partial charge in [0.15, 0.2) is 0 Å². The highest BCUT2D eigenvalue weighted by atomic mass is 16.5. The van der Waals surface area contributed by atoms with Gasteiger partial charge in [0.1, 0.15) is 6.54 Å². The zero-order valence-electron chi connectivity index (χ0n) is 15.1. The highest BCUT2D eigenvalue weighted by Gasteiger charge is 2.11. The number of hydrogen-bond acceptors (Lipinski definition) is 5. The number of nitrogens with one attached hydrogen (secondary N) is 2. The molecule has 8 nitrogen and oxygen atoms in total. The molecular formula is C19H20N4O4. The lowest BCUT2D eigenvalue weighted by Crippen LogP contribution is -2.40. The highest BCUT2D eigenvalue weighted by Crippen LogP contribution is 2.09. The highest BCUT2D eigenvalue weighted by molar-refractivity contribution is 5.78. The average Bonchev–Trinajstić information content (AvgIpc) is 2.64. The van der Waals surface area contributed by atoms with Crippen LogP contribution in [0, 0.1) is 0 Å². The van der Waals surface area contributed by atoms with Gasteiger partial charge >= 0.3 is 5.69 Å². The maximum atomic E-state index is 12.4. The summed E-state index contributed by atoms with van der Waals surface area (Å²) in [6.07, 6.45) is 1.63. The first-order chi connectivity index (χ1) is 12.9. The van der Waals surface area contributed by atoms with Gasteiger partial charge in [0.25, 0.3) is 5.56 Å². The Bertz CT molecular complexity index is 1070. The van der Waals surface area contributed by atoms with E-state index in [9.17, 15) is 14.4 Å². The molecule has 2 heterocycles. The van der Waals surface area contributed by atoms with Crippen LogP contribution in [0.5, 0.6) is 5.88 Å². The molecule has 0 bridgehead atoms. The quantitative estimate of drug-likeness (QED) is 0.680. The standard InChI is InChI=1S/C19H20N4O4/c1-12(2)27-17-8-7-13(10-21-17)9-20-16(24)11-23-18(25)14-5-3-4-6-15(14)22-19(23)26/h3-8,10,12H,9,11H2,1-2H3,(H,20,24)(H,22,26). The van der Waals surface area contributed by atoms with Crippen LogP contribution >= 0.6 is 0 Å². The van der Waals surface area contributed by atoms with Crippen LogP contribution in [0.1, 0.15) is 19.4 Å². The van der Waals surface area contributed by atoms with Gasteiger partial charge in [-0.3, -0.25) is 14.2 Å². The maximum absolute atomic E-state index is 12.4. The molecule has 0 aliphatic rings. The first-order valence-corrected chi connectivity index (χ1v) is 8.54. The van der Waals surface area contributed by atoms with Crippen LogP contribution in [-0.2, 0) is 17.9 Å². The Hall–Kier alpha value is -3.42. The van der Waals surface area contributed by atoms with Crippen molar-refractivity contribution in [2.45, 2.75) is 33.0 Å². The number of benzene rings is 1. The average molecular weight is 368 g/mol. The van der Waals surface area contributed by atoms with Crippen molar-refractivity contribution < 1.29 is 9.53 Å². The lowest BCUT2D eigenvalue weighted by atomic mass is 10.2. The van der Waals surface area contributed by atoms with E-state index in [1.807, 2.05) is 13.8 Å². The molecular weight excluding hydrogens is 348 g/mol. The van der Waals surface area contributed by atoms with Crippen LogP contribution in [0.15, 0.2) is 52.2 Å². The van der Waals surface area contributed by atoms with Gasteiger partial charge in [-0.1, -0.05) is 18.2 Å². The molecule has 0 spiro atoms. The van der Waals surface area contributed by atoms with E-state index >= 15 is 0 Å². The smallest absolute Gasteiger partial charge is 0.329 e. The van der Waals surface area contributed by atoms with Crippen LogP contribution in [0.2, 0.25) is 0 Å². The summed E-state index contributed by atoms with van der Waals surface area (Å²) in [6.45, 7) is 3.69. The van der Waals surface area contributed by atoms with E-state index in [0.717, 1.165) is 10.1 Å². The molecule has 1 aromatic carbocycles. The molecule has 2 aromatic heterocycles. The Morgan fingerprint density at radius 1 is 1.22 bits per heavy atom. The molecule has 0 aliphatic heterocycles. The molecule has 0 atom stereocenters. The van der Waals surface area contributed by atoms with Crippen molar-refractivity contribution in [3.05, 3.63) is 69.0 Å². The fraction of sp³-hybridized carbons (Fsp3) is 0.263. The van der Waals surface area contributed by atoms with E-state index in [4.69, 9.17) is 4.74 Å². The number of amides is 1. The second-order valence-corrected chi connectivity index (χ2v) is 6.32. The molecule has 27 heavy (non-hydrogen) atoms. The Balaban J connectivity index is 1.67. The molecule has 0 aliphatic carbocycles. The van der Waals surface area contributed by atoms with E-state index in [2.05, 4.69) is 15.3 Å². The number of hydrogen-bond donors (Lipinski definition) is 2. The predicted molar refractivity (Wildman–Crippen MR) is 101 cm³/mol. The fourth-order valence-corrected chi connectivity index (χ4v) is 2.57. The van der Waals surface area contributed by atoms with Crippen molar-refractivity contribution >= 4 is 16.8 Å². The molecule has 3 rings (SSSR count). The van der Waals surface area contributed by atoms with Crippen LogP contribution in [0.4, 0.5) is 0 Å². The van der Waals surface area contributed by atoms with E-state index in [-0.39, 0.29) is 19.2 Å². The number of carbonyl (C=O) groups is 1. The lowest BCUT2D eigenvalue weighted by Gasteiger charge is -2.10. The molecule has 140 valence electrons. The topological polar surface area (TPSA) is 106 Å². The van der Waals surface area contributed by atoms with Gasteiger partial charge in [-0.05, 0) is 31.5 Å². The Kier molecular flexibility index (Phi) is 5.35. The summed E-state index contributed by atoms with van der Waals surface area (Å²) in [7, 11) is 0. The van der Waals surface area contributed by atoms with E-state index in [1.165, 1.54) is 0 Å². The largest absolute Gasteiger partial charge is 0.475 e. The minimum atomic E-state index is -0.620. The summed E-state index contributed by atoms with van der Waals surface area (Å²) in [5, 5.41) is 3.03. The summed E-state index contributed by atoms with van der Waals surface area (Å²) < 4.78 is 6.34. The van der Waals surface area contributed by atoms with Gasteiger partial charge in [-0.15, -0.1) is 0 Å². The summed E-state index contributed by atoms with van der Waals surface area (Å²) in [5.74, 6) is 0.0646. The van der Waals surface area contributed by atoms with E-state index < -0.39 is 17.2 Å². The van der Waals surface area contributed by atoms with Crippen molar-refractivity contribution in [2.24, 2.45) is 0 Å². The number of fused-ring (bicyclic) bond motifs is 1. The molecule has 3 aromatic rings. The number of carbonyl (C=O) groups excluding carboxylic acids is 1. The van der Waals surface area contributed by atoms with Crippen molar-refractivity contribution in [1.29, 1.82) is 0 Å². The second-order valence-electron chi connectivity index (χ2n) is 6.32. The molecule has 8 heteroatoms. The molecule has 0 saturated heterocycles. The molecule has 0 saturated carbocycles. The Morgan fingerprint density at radius 2 is 2.00 bits per heavy atom. The third-order valence-electron chi connectivity index (χ3n) is 3.83. The van der Waals surface area contributed by atoms with Crippen LogP contribution in [0.3, 0.4) is 0 Å². The monoisotopic (exact) mass is 368 g/mol. The Labute approximate surface area is 154 Å². The molecule has 1 amide bonds. The first-order valence-electron chi connectivity index (χ1n) is 8.54. The van der Waals surface area contributed by atoms with Crippen molar-refractivity contribution in [3.63, 3.8) is 0 Å². The van der Waals surface area contributed by atoms with E-state index in [1.54, 1.807) is 42.6 Å². The normalized spacial score (nSPS) is 10.9. The minimum absolute atomic E-state index is 0.0291. The van der Waals surface area contributed by atoms with Gasteiger partial charge in [-0.2, -0.15) is 0 Å². The first kappa shape index (κ1) is 18.4. The number of pyridine rings is 1. The summed E-state index contributed by atoms with van der Waals surface area (Å²) in [4.78, 5) is 43.4. The van der Waals surface area contributed by atoms with Gasteiger partial charge in [0.05, 0.1) is 17.0 Å². The summed E-state index contributed by atoms with van der Waals surface area (Å²) in [6, 6.07) is 10.2. The SMILES string of the molecule is CC(C)Oc1ccc(CNC(=O)Cn2c(=O)[nH]c3ccccc3c2=O)cn1. The van der Waals surface area contributed by atoms with Gasteiger partial charge < -0.3 is 15.0 Å². The summed E-state index contributed by atoms with van der Waals surface area (Å²) in [5.41, 5.74) is 0.102. The minimum Gasteiger partial charge on any atom is -0.475 e. The Morgan fingerprint density at radius 3 is 2.70 bits per heavy atom. The number of rotatable bonds is 6. The van der Waals surface area contributed by atoms with Gasteiger partial charge in [0.2, 0.25) is 11.8 Å². The number of para-hydroxylation sites is 1. The second kappa shape index (κ2) is 7.86. The van der Waals surface area contributed by atoms with Gasteiger partial charge in [-0.25, -0.2) is 9.78 Å². The molecule has 0 radical (unpaired) electrons. The van der Waals surface area contributed by atoms with Crippen LogP contribution < -0.4 is 21.3 Å². The van der Waals surface area contributed by atoms with Crippen molar-refractivity contribution in [3.8, 4) is 5.88 Å². The number of aromatic nitrogens is 3. The van der Waals surface area contributed by atoms with Crippen molar-refractivity contribution in [2.75, 3.05) is 0 Å². The number of H-pyrrole nitrogens is 1. The molecule has 0 fully saturated rings. The predicted octanol–water partition coefficient (Wildman–Crippen LogP) is 1.19. The van der Waals surface area contributed by atoms with Gasteiger partial charge in [0, 0.05) is 18.8 Å². The summed E-state index contributed by atoms with van der Waals surface area (Å²) >= 11 is 0. The lowest BCUT2D eigenvalue weighted by molar-refractivity contribution is -0.121. The zero-order valence-corrected chi connectivity index (χ0v) is 15.1. The molecule has 2 N–H and O–H groups in total. The van der Waals surface area contributed by atoms with E-state index in [0.29, 0.717) is 16.8 Å². The number of aromatic amines is 1. The number of ether oxygens (including phenoxy) is 1. The fourth-order valence-electron chi connectivity index (χ4n) is 2.57. The zero-order chi connectivity index (χ0) is 19.4. The van der Waals surface area contributed by atoms with Crippen molar-refractivity contribution in [1.82, 2.24) is 19.9 Å². The third kappa shape index (κ3) is 4.41. The van der Waals surface area contributed by atoms with Crippen LogP contribution in [0.25, 0.3) is 10.9 Å². The molecule has 0 unspecified atom stereocenters.